The van der Waals surface area contributed by atoms with Crippen molar-refractivity contribution in [2.45, 2.75) is 19.3 Å². The molecule has 0 amide bonds. The largest absolute Gasteiger partial charge is 0.492 e. The maximum absolute atomic E-state index is 12.6. The molecule has 4 nitrogen and oxygen atoms in total. The Kier molecular flexibility index (Phi) is 5.02. The number of fused-ring (bicyclic) bond motifs is 1. The van der Waals surface area contributed by atoms with E-state index in [-0.39, 0.29) is 5.78 Å². The van der Waals surface area contributed by atoms with Gasteiger partial charge in [0.15, 0.2) is 5.76 Å². The lowest BCUT2D eigenvalue weighted by atomic mass is 10.1. The van der Waals surface area contributed by atoms with E-state index in [1.54, 1.807) is 18.2 Å². The molecule has 1 aliphatic rings. The molecule has 2 aromatic carbocycles. The number of furan rings is 1. The van der Waals surface area contributed by atoms with Gasteiger partial charge in [0.1, 0.15) is 17.9 Å². The minimum Gasteiger partial charge on any atom is -0.492 e. The SMILES string of the molecule is O=C(c1ccc(OCCN2CCCCC2)cc1)c1cc2ccccc2o1. The number of rotatable bonds is 6. The summed E-state index contributed by atoms with van der Waals surface area (Å²) in [7, 11) is 0. The molecule has 3 aromatic rings. The predicted molar refractivity (Wildman–Crippen MR) is 102 cm³/mol. The van der Waals surface area contributed by atoms with Crippen molar-refractivity contribution in [3.05, 3.63) is 65.9 Å². The molecule has 0 spiro atoms. The normalized spacial score (nSPS) is 15.2. The van der Waals surface area contributed by atoms with Crippen LogP contribution in [-0.4, -0.2) is 36.9 Å². The molecule has 1 fully saturated rings. The number of para-hydroxylation sites is 1. The van der Waals surface area contributed by atoms with Gasteiger partial charge >= 0.3 is 0 Å². The third-order valence-corrected chi connectivity index (χ3v) is 4.89. The van der Waals surface area contributed by atoms with Crippen LogP contribution in [0.3, 0.4) is 0 Å². The zero-order valence-electron chi connectivity index (χ0n) is 14.8. The molecule has 1 saturated heterocycles. The predicted octanol–water partition coefficient (Wildman–Crippen LogP) is 4.53. The summed E-state index contributed by atoms with van der Waals surface area (Å²) < 4.78 is 11.5. The zero-order chi connectivity index (χ0) is 17.8. The number of nitrogens with zero attached hydrogens (tertiary/aromatic N) is 1. The lowest BCUT2D eigenvalue weighted by Crippen LogP contribution is -2.33. The molecule has 0 aliphatic carbocycles. The maximum atomic E-state index is 12.6. The Hall–Kier alpha value is -2.59. The van der Waals surface area contributed by atoms with E-state index in [2.05, 4.69) is 4.90 Å². The van der Waals surface area contributed by atoms with Crippen molar-refractivity contribution in [1.82, 2.24) is 4.90 Å². The summed E-state index contributed by atoms with van der Waals surface area (Å²) in [6.45, 7) is 3.99. The van der Waals surface area contributed by atoms with Crippen molar-refractivity contribution in [2.75, 3.05) is 26.2 Å². The van der Waals surface area contributed by atoms with Crippen molar-refractivity contribution in [3.8, 4) is 5.75 Å². The summed E-state index contributed by atoms with van der Waals surface area (Å²) in [6, 6.07) is 16.7. The molecular weight excluding hydrogens is 326 g/mol. The van der Waals surface area contributed by atoms with E-state index < -0.39 is 0 Å². The van der Waals surface area contributed by atoms with E-state index in [1.807, 2.05) is 36.4 Å². The van der Waals surface area contributed by atoms with E-state index >= 15 is 0 Å². The molecule has 0 radical (unpaired) electrons. The quantitative estimate of drug-likeness (QED) is 0.613. The molecule has 134 valence electrons. The first-order chi connectivity index (χ1) is 12.8. The fourth-order valence-corrected chi connectivity index (χ4v) is 3.41. The lowest BCUT2D eigenvalue weighted by molar-refractivity contribution is 0.101. The molecule has 0 unspecified atom stereocenters. The summed E-state index contributed by atoms with van der Waals surface area (Å²) in [5.74, 6) is 1.05. The van der Waals surface area contributed by atoms with E-state index in [0.717, 1.165) is 23.3 Å². The second kappa shape index (κ2) is 7.75. The second-order valence-electron chi connectivity index (χ2n) is 6.75. The van der Waals surface area contributed by atoms with Crippen molar-refractivity contribution >= 4 is 16.8 Å². The highest BCUT2D eigenvalue weighted by Crippen LogP contribution is 2.22. The highest BCUT2D eigenvalue weighted by atomic mass is 16.5. The first-order valence-electron chi connectivity index (χ1n) is 9.28. The lowest BCUT2D eigenvalue weighted by Gasteiger charge is -2.26. The minimum atomic E-state index is -0.110. The number of ether oxygens (including phenoxy) is 1. The zero-order valence-corrected chi connectivity index (χ0v) is 14.8. The summed E-state index contributed by atoms with van der Waals surface area (Å²) in [5.41, 5.74) is 1.33. The van der Waals surface area contributed by atoms with Gasteiger partial charge in [-0.25, -0.2) is 0 Å². The van der Waals surface area contributed by atoms with Crippen LogP contribution in [0.15, 0.2) is 59.0 Å². The summed E-state index contributed by atoms with van der Waals surface area (Å²) in [5, 5.41) is 0.938. The van der Waals surface area contributed by atoms with E-state index in [1.165, 1.54) is 32.4 Å². The van der Waals surface area contributed by atoms with Crippen LogP contribution in [-0.2, 0) is 0 Å². The highest BCUT2D eigenvalue weighted by Gasteiger charge is 2.15. The number of carbonyl (C=O) groups excluding carboxylic acids is 1. The maximum Gasteiger partial charge on any atom is 0.228 e. The van der Waals surface area contributed by atoms with Crippen molar-refractivity contribution in [3.63, 3.8) is 0 Å². The Labute approximate surface area is 153 Å². The molecule has 1 aliphatic heterocycles. The van der Waals surface area contributed by atoms with Crippen LogP contribution in [0.2, 0.25) is 0 Å². The molecule has 0 atom stereocenters. The number of carbonyl (C=O) groups is 1. The highest BCUT2D eigenvalue weighted by molar-refractivity contribution is 6.09. The first kappa shape index (κ1) is 16.9. The van der Waals surface area contributed by atoms with Gasteiger partial charge in [-0.05, 0) is 62.3 Å². The monoisotopic (exact) mass is 349 g/mol. The average molecular weight is 349 g/mol. The van der Waals surface area contributed by atoms with Crippen molar-refractivity contribution in [1.29, 1.82) is 0 Å². The van der Waals surface area contributed by atoms with Gasteiger partial charge in [0.05, 0.1) is 0 Å². The Balaban J connectivity index is 1.36. The molecule has 26 heavy (non-hydrogen) atoms. The Morgan fingerprint density at radius 1 is 1.00 bits per heavy atom. The van der Waals surface area contributed by atoms with Crippen LogP contribution >= 0.6 is 0 Å². The summed E-state index contributed by atoms with van der Waals surface area (Å²) in [6.07, 6.45) is 3.93. The third kappa shape index (κ3) is 3.81. The van der Waals surface area contributed by atoms with Gasteiger partial charge in [-0.15, -0.1) is 0 Å². The van der Waals surface area contributed by atoms with Gasteiger partial charge in [0, 0.05) is 17.5 Å². The summed E-state index contributed by atoms with van der Waals surface area (Å²) in [4.78, 5) is 15.1. The van der Waals surface area contributed by atoms with E-state index in [4.69, 9.17) is 9.15 Å². The first-order valence-corrected chi connectivity index (χ1v) is 9.28. The molecule has 1 aromatic heterocycles. The van der Waals surface area contributed by atoms with E-state index in [0.29, 0.717) is 17.9 Å². The summed E-state index contributed by atoms with van der Waals surface area (Å²) >= 11 is 0. The van der Waals surface area contributed by atoms with Gasteiger partial charge in [-0.1, -0.05) is 24.6 Å². The Bertz CT molecular complexity index is 843. The molecular formula is C22H23NO3. The van der Waals surface area contributed by atoms with Crippen molar-refractivity contribution in [2.24, 2.45) is 0 Å². The molecule has 0 bridgehead atoms. The molecule has 2 heterocycles. The fourth-order valence-electron chi connectivity index (χ4n) is 3.41. The van der Waals surface area contributed by atoms with Crippen LogP contribution < -0.4 is 4.74 Å². The van der Waals surface area contributed by atoms with E-state index in [9.17, 15) is 4.79 Å². The van der Waals surface area contributed by atoms with Gasteiger partial charge in [-0.3, -0.25) is 9.69 Å². The van der Waals surface area contributed by atoms with Gasteiger partial charge in [0.2, 0.25) is 5.78 Å². The van der Waals surface area contributed by atoms with Crippen LogP contribution in [0.4, 0.5) is 0 Å². The van der Waals surface area contributed by atoms with Gasteiger partial charge in [-0.2, -0.15) is 0 Å². The van der Waals surface area contributed by atoms with Crippen LogP contribution in [0.5, 0.6) is 5.75 Å². The minimum absolute atomic E-state index is 0.110. The molecule has 0 N–H and O–H groups in total. The molecule has 0 saturated carbocycles. The number of hydrogen-bond donors (Lipinski definition) is 0. The second-order valence-corrected chi connectivity index (χ2v) is 6.75. The number of hydrogen-bond acceptors (Lipinski definition) is 4. The number of piperidine rings is 1. The number of ketones is 1. The number of likely N-dealkylation sites (tertiary alicyclic amines) is 1. The molecule has 4 rings (SSSR count). The van der Waals surface area contributed by atoms with Crippen LogP contribution in [0.1, 0.15) is 35.4 Å². The smallest absolute Gasteiger partial charge is 0.228 e. The third-order valence-electron chi connectivity index (χ3n) is 4.89. The standard InChI is InChI=1S/C22H23NO3/c24-22(21-16-18-6-2-3-7-20(18)26-21)17-8-10-19(11-9-17)25-15-14-23-12-4-1-5-13-23/h2-3,6-11,16H,1,4-5,12-15H2. The topological polar surface area (TPSA) is 42.7 Å². The molecule has 4 heteroatoms. The van der Waals surface area contributed by atoms with Crippen LogP contribution in [0.25, 0.3) is 11.0 Å². The fraction of sp³-hybridized carbons (Fsp3) is 0.318. The van der Waals surface area contributed by atoms with Gasteiger partial charge in [0.25, 0.3) is 0 Å². The van der Waals surface area contributed by atoms with Crippen molar-refractivity contribution < 1.29 is 13.9 Å². The Morgan fingerprint density at radius 3 is 2.54 bits per heavy atom. The Morgan fingerprint density at radius 2 is 1.77 bits per heavy atom. The average Bonchev–Trinajstić information content (AvgIpc) is 3.13. The van der Waals surface area contributed by atoms with Crippen LogP contribution in [0, 0.1) is 0 Å². The van der Waals surface area contributed by atoms with Gasteiger partial charge < -0.3 is 9.15 Å². The number of benzene rings is 2.